The quantitative estimate of drug-likeness (QED) is 0.736. The van der Waals surface area contributed by atoms with E-state index in [0.717, 1.165) is 22.4 Å². The third-order valence-corrected chi connectivity index (χ3v) is 3.20. The van der Waals surface area contributed by atoms with Crippen LogP contribution in [0.15, 0.2) is 36.7 Å². The van der Waals surface area contributed by atoms with E-state index < -0.39 is 0 Å². The molecule has 3 N–H and O–H groups in total. The van der Waals surface area contributed by atoms with Crippen molar-refractivity contribution in [1.82, 2.24) is 20.0 Å². The maximum absolute atomic E-state index is 6.15. The Morgan fingerprint density at radius 3 is 2.53 bits per heavy atom. The molecule has 0 saturated heterocycles. The van der Waals surface area contributed by atoms with Gasteiger partial charge in [-0.15, -0.1) is 0 Å². The second-order valence-electron chi connectivity index (χ2n) is 4.59. The molecule has 0 aliphatic heterocycles. The van der Waals surface area contributed by atoms with E-state index in [2.05, 4.69) is 46.5 Å². The lowest BCUT2D eigenvalue weighted by Crippen LogP contribution is -1.97. The molecule has 0 aliphatic carbocycles. The summed E-state index contributed by atoms with van der Waals surface area (Å²) in [5, 5.41) is 11.3. The van der Waals surface area contributed by atoms with Gasteiger partial charge in [0.1, 0.15) is 11.5 Å². The lowest BCUT2D eigenvalue weighted by molar-refractivity contribution is 0.782. The Balaban J connectivity index is 2.22. The van der Waals surface area contributed by atoms with Crippen molar-refractivity contribution >= 4 is 5.82 Å². The fourth-order valence-electron chi connectivity index (χ4n) is 2.12. The largest absolute Gasteiger partial charge is 0.383 e. The van der Waals surface area contributed by atoms with Crippen LogP contribution in [0.25, 0.3) is 22.4 Å². The summed E-state index contributed by atoms with van der Waals surface area (Å²) in [7, 11) is 1.84. The summed E-state index contributed by atoms with van der Waals surface area (Å²) in [6, 6.07) is 8.26. The van der Waals surface area contributed by atoms with E-state index >= 15 is 0 Å². The summed E-state index contributed by atoms with van der Waals surface area (Å²) in [5.74, 6) is 0.653. The van der Waals surface area contributed by atoms with E-state index in [-0.39, 0.29) is 0 Å². The predicted octanol–water partition coefficient (Wildman–Crippen LogP) is 2.37. The minimum absolute atomic E-state index is 0.653. The zero-order chi connectivity index (χ0) is 13.4. The van der Waals surface area contributed by atoms with Crippen molar-refractivity contribution in [2.24, 2.45) is 7.05 Å². The lowest BCUT2D eigenvalue weighted by Gasteiger charge is -2.03. The van der Waals surface area contributed by atoms with Crippen molar-refractivity contribution < 1.29 is 0 Å². The number of H-pyrrole nitrogens is 1. The van der Waals surface area contributed by atoms with Crippen molar-refractivity contribution in [3.05, 3.63) is 42.2 Å². The fraction of sp³-hybridized carbons (Fsp3) is 0.143. The van der Waals surface area contributed by atoms with Gasteiger partial charge >= 0.3 is 0 Å². The number of aromatic amines is 1. The Morgan fingerprint density at radius 1 is 1.16 bits per heavy atom. The van der Waals surface area contributed by atoms with Crippen LogP contribution >= 0.6 is 0 Å². The zero-order valence-electron chi connectivity index (χ0n) is 10.9. The molecule has 2 heterocycles. The number of anilines is 1. The number of nitrogens with two attached hydrogens (primary N) is 1. The lowest BCUT2D eigenvalue weighted by atomic mass is 10.0. The Bertz CT molecular complexity index is 692. The highest BCUT2D eigenvalue weighted by Crippen LogP contribution is 2.35. The number of nitrogens with one attached hydrogen (secondary N) is 1. The van der Waals surface area contributed by atoms with Gasteiger partial charge in [-0.05, 0) is 12.5 Å². The molecule has 0 saturated carbocycles. The monoisotopic (exact) mass is 253 g/mol. The smallest absolute Gasteiger partial charge is 0.129 e. The molecule has 0 unspecified atom stereocenters. The molecular formula is C14H15N5. The van der Waals surface area contributed by atoms with Crippen LogP contribution in [0.4, 0.5) is 5.82 Å². The van der Waals surface area contributed by atoms with Gasteiger partial charge in [0.15, 0.2) is 0 Å². The highest BCUT2D eigenvalue weighted by molar-refractivity contribution is 5.87. The summed E-state index contributed by atoms with van der Waals surface area (Å²) in [6.45, 7) is 2.06. The number of benzene rings is 1. The standard InChI is InChI=1S/C14H15N5/c1-9-3-5-10(6-4-9)12-13(11-7-16-17-8-11)18-19(2)14(12)15/h3-8H,15H2,1-2H3,(H,16,17). The average Bonchev–Trinajstić information content (AvgIpc) is 3.01. The molecule has 0 spiro atoms. The summed E-state index contributed by atoms with van der Waals surface area (Å²) >= 11 is 0. The van der Waals surface area contributed by atoms with Crippen LogP contribution in [0.1, 0.15) is 5.56 Å². The number of aryl methyl sites for hydroxylation is 2. The van der Waals surface area contributed by atoms with Gasteiger partial charge in [0, 0.05) is 18.8 Å². The number of hydrogen-bond acceptors (Lipinski definition) is 3. The van der Waals surface area contributed by atoms with Gasteiger partial charge in [0.05, 0.1) is 11.8 Å². The molecule has 19 heavy (non-hydrogen) atoms. The van der Waals surface area contributed by atoms with Gasteiger partial charge in [-0.25, -0.2) is 0 Å². The molecule has 0 atom stereocenters. The second-order valence-corrected chi connectivity index (χ2v) is 4.59. The van der Waals surface area contributed by atoms with Gasteiger partial charge < -0.3 is 5.73 Å². The summed E-state index contributed by atoms with van der Waals surface area (Å²) < 4.78 is 1.69. The Morgan fingerprint density at radius 2 is 1.89 bits per heavy atom. The third-order valence-electron chi connectivity index (χ3n) is 3.20. The molecular weight excluding hydrogens is 238 g/mol. The van der Waals surface area contributed by atoms with E-state index in [1.165, 1.54) is 5.56 Å². The molecule has 1 aromatic carbocycles. The highest BCUT2D eigenvalue weighted by Gasteiger charge is 2.17. The molecule has 3 rings (SSSR count). The first-order valence-electron chi connectivity index (χ1n) is 6.05. The van der Waals surface area contributed by atoms with Crippen molar-refractivity contribution in [1.29, 1.82) is 0 Å². The molecule has 0 aliphatic rings. The van der Waals surface area contributed by atoms with Crippen LogP contribution in [-0.2, 0) is 7.05 Å². The van der Waals surface area contributed by atoms with Gasteiger partial charge in [-0.2, -0.15) is 10.2 Å². The van der Waals surface area contributed by atoms with Crippen molar-refractivity contribution in [3.8, 4) is 22.4 Å². The van der Waals surface area contributed by atoms with E-state index in [9.17, 15) is 0 Å². The Labute approximate surface area is 111 Å². The van der Waals surface area contributed by atoms with Crippen molar-refractivity contribution in [3.63, 3.8) is 0 Å². The van der Waals surface area contributed by atoms with Crippen LogP contribution in [-0.4, -0.2) is 20.0 Å². The Hall–Kier alpha value is -2.56. The second kappa shape index (κ2) is 4.28. The zero-order valence-corrected chi connectivity index (χ0v) is 10.9. The summed E-state index contributed by atoms with van der Waals surface area (Å²) in [5.41, 5.74) is 11.2. The number of nitrogens with zero attached hydrogens (tertiary/aromatic N) is 3. The van der Waals surface area contributed by atoms with Crippen LogP contribution in [0, 0.1) is 6.92 Å². The van der Waals surface area contributed by atoms with Crippen LogP contribution in [0.2, 0.25) is 0 Å². The minimum Gasteiger partial charge on any atom is -0.383 e. The molecule has 2 aromatic heterocycles. The SMILES string of the molecule is Cc1ccc(-c2c(-c3cn[nH]c3)nn(C)c2N)cc1. The first-order chi connectivity index (χ1) is 9.16. The summed E-state index contributed by atoms with van der Waals surface area (Å²) in [4.78, 5) is 0. The maximum Gasteiger partial charge on any atom is 0.129 e. The third kappa shape index (κ3) is 1.89. The van der Waals surface area contributed by atoms with Crippen LogP contribution in [0.5, 0.6) is 0 Å². The van der Waals surface area contributed by atoms with E-state index in [4.69, 9.17) is 5.73 Å². The molecule has 5 nitrogen and oxygen atoms in total. The molecule has 5 heteroatoms. The van der Waals surface area contributed by atoms with Gasteiger partial charge in [-0.3, -0.25) is 9.78 Å². The number of aromatic nitrogens is 4. The number of hydrogen-bond donors (Lipinski definition) is 2. The number of rotatable bonds is 2. The van der Waals surface area contributed by atoms with Gasteiger partial charge in [-0.1, -0.05) is 29.8 Å². The molecule has 0 radical (unpaired) electrons. The molecule has 0 bridgehead atoms. The average molecular weight is 253 g/mol. The van der Waals surface area contributed by atoms with Crippen LogP contribution < -0.4 is 5.73 Å². The topological polar surface area (TPSA) is 72.5 Å². The fourth-order valence-corrected chi connectivity index (χ4v) is 2.12. The molecule has 0 amide bonds. The van der Waals surface area contributed by atoms with Gasteiger partial charge in [0.2, 0.25) is 0 Å². The number of nitrogen functional groups attached to an aromatic ring is 1. The van der Waals surface area contributed by atoms with E-state index in [1.807, 2.05) is 13.2 Å². The van der Waals surface area contributed by atoms with Gasteiger partial charge in [0.25, 0.3) is 0 Å². The molecule has 96 valence electrons. The first kappa shape index (κ1) is 11.5. The van der Waals surface area contributed by atoms with Crippen LogP contribution in [0.3, 0.4) is 0 Å². The minimum atomic E-state index is 0.653. The Kier molecular flexibility index (Phi) is 2.59. The normalized spacial score (nSPS) is 10.8. The predicted molar refractivity (Wildman–Crippen MR) is 75.4 cm³/mol. The maximum atomic E-state index is 6.15. The van der Waals surface area contributed by atoms with Crippen molar-refractivity contribution in [2.45, 2.75) is 6.92 Å². The van der Waals surface area contributed by atoms with E-state index in [0.29, 0.717) is 5.82 Å². The first-order valence-corrected chi connectivity index (χ1v) is 6.05. The van der Waals surface area contributed by atoms with Crippen molar-refractivity contribution in [2.75, 3.05) is 5.73 Å². The highest BCUT2D eigenvalue weighted by atomic mass is 15.3. The molecule has 0 fully saturated rings. The molecule has 3 aromatic rings. The summed E-state index contributed by atoms with van der Waals surface area (Å²) in [6.07, 6.45) is 3.57. The van der Waals surface area contributed by atoms with E-state index in [1.54, 1.807) is 10.9 Å².